The third-order valence-electron chi connectivity index (χ3n) is 1.92. The zero-order valence-electron chi connectivity index (χ0n) is 7.72. The van der Waals surface area contributed by atoms with Crippen molar-refractivity contribution in [3.05, 3.63) is 23.2 Å². The molecule has 0 aliphatic heterocycles. The number of aromatic amines is 1. The Morgan fingerprint density at radius 1 is 1.73 bits per heavy atom. The molecule has 2 aromatic rings. The Morgan fingerprint density at radius 2 is 2.47 bits per heavy atom. The van der Waals surface area contributed by atoms with E-state index in [0.717, 1.165) is 0 Å². The van der Waals surface area contributed by atoms with E-state index in [1.165, 1.54) is 19.4 Å². The molecule has 0 atom stereocenters. The highest BCUT2D eigenvalue weighted by Gasteiger charge is 2.15. The van der Waals surface area contributed by atoms with Crippen LogP contribution in [0.2, 0.25) is 0 Å². The summed E-state index contributed by atoms with van der Waals surface area (Å²) < 4.78 is 4.85. The number of nitrogens with one attached hydrogen (secondary N) is 1. The standard InChI is InChI=1S/C8H7N3O4/c1-15-7-6-4(3-11(14)10-7)2-5(9-6)8(12)13/h2-3,9H,1H3,(H,12,13). The third-order valence-corrected chi connectivity index (χ3v) is 1.92. The highest BCUT2D eigenvalue weighted by Crippen LogP contribution is 2.20. The van der Waals surface area contributed by atoms with Crippen LogP contribution >= 0.6 is 0 Å². The number of aromatic nitrogens is 3. The second kappa shape index (κ2) is 3.12. The molecule has 0 aliphatic rings. The SMILES string of the molecule is COc1n[n+]([O-])cc2cc(C(=O)O)[nH]c12. The van der Waals surface area contributed by atoms with Crippen LogP contribution in [-0.2, 0) is 0 Å². The van der Waals surface area contributed by atoms with E-state index in [-0.39, 0.29) is 11.6 Å². The molecule has 0 aliphatic carbocycles. The summed E-state index contributed by atoms with van der Waals surface area (Å²) in [6.45, 7) is 0. The number of hydrogen-bond donors (Lipinski definition) is 2. The Hall–Kier alpha value is -2.31. The fourth-order valence-corrected chi connectivity index (χ4v) is 1.29. The fourth-order valence-electron chi connectivity index (χ4n) is 1.29. The fraction of sp³-hybridized carbons (Fsp3) is 0.125. The molecule has 2 heterocycles. The first-order chi connectivity index (χ1) is 7.11. The van der Waals surface area contributed by atoms with Gasteiger partial charge in [-0.2, -0.15) is 0 Å². The molecule has 0 bridgehead atoms. The van der Waals surface area contributed by atoms with Crippen LogP contribution in [0.3, 0.4) is 0 Å². The minimum absolute atomic E-state index is 0.0173. The number of nitrogens with zero attached hydrogens (tertiary/aromatic N) is 2. The number of ether oxygens (including phenoxy) is 1. The monoisotopic (exact) mass is 209 g/mol. The van der Waals surface area contributed by atoms with Gasteiger partial charge >= 0.3 is 11.8 Å². The second-order valence-electron chi connectivity index (χ2n) is 2.86. The van der Waals surface area contributed by atoms with Gasteiger partial charge in [-0.25, -0.2) is 4.79 Å². The lowest BCUT2D eigenvalue weighted by Gasteiger charge is -1.98. The number of carbonyl (C=O) groups is 1. The van der Waals surface area contributed by atoms with Crippen LogP contribution in [0.5, 0.6) is 5.88 Å². The predicted octanol–water partition coefficient (Wildman–Crippen LogP) is -0.0969. The number of hydrogen-bond acceptors (Lipinski definition) is 4. The van der Waals surface area contributed by atoms with Crippen LogP contribution in [0.4, 0.5) is 0 Å². The molecule has 78 valence electrons. The van der Waals surface area contributed by atoms with Crippen LogP contribution in [-0.4, -0.2) is 28.3 Å². The minimum atomic E-state index is -1.11. The Morgan fingerprint density at radius 3 is 3.07 bits per heavy atom. The number of methoxy groups -OCH3 is 1. The van der Waals surface area contributed by atoms with Crippen LogP contribution in [0, 0.1) is 5.21 Å². The van der Waals surface area contributed by atoms with Gasteiger partial charge in [0.25, 0.3) is 0 Å². The summed E-state index contributed by atoms with van der Waals surface area (Å²) in [6.07, 6.45) is 1.17. The summed E-state index contributed by atoms with van der Waals surface area (Å²) in [6, 6.07) is 1.34. The quantitative estimate of drug-likeness (QED) is 0.531. The molecule has 2 rings (SSSR count). The summed E-state index contributed by atoms with van der Waals surface area (Å²) in [5.74, 6) is -1.04. The lowest BCUT2D eigenvalue weighted by Crippen LogP contribution is -2.30. The maximum atomic E-state index is 11.0. The predicted molar refractivity (Wildman–Crippen MR) is 48.6 cm³/mol. The van der Waals surface area contributed by atoms with Gasteiger partial charge in [0, 0.05) is 0 Å². The summed E-state index contributed by atoms with van der Waals surface area (Å²) in [5.41, 5.74) is 0.373. The smallest absolute Gasteiger partial charge is 0.352 e. The molecule has 0 aromatic carbocycles. The van der Waals surface area contributed by atoms with E-state index in [9.17, 15) is 10.0 Å². The van der Waals surface area contributed by atoms with E-state index in [4.69, 9.17) is 9.84 Å². The maximum Gasteiger partial charge on any atom is 0.352 e. The van der Waals surface area contributed by atoms with E-state index in [0.29, 0.717) is 15.7 Å². The third kappa shape index (κ3) is 1.43. The average Bonchev–Trinajstić information content (AvgIpc) is 2.59. The van der Waals surface area contributed by atoms with Crippen molar-refractivity contribution in [3.63, 3.8) is 0 Å². The number of carboxylic acid groups (broad SMARTS) is 1. The molecule has 0 spiro atoms. The minimum Gasteiger partial charge on any atom is -0.594 e. The van der Waals surface area contributed by atoms with Crippen LogP contribution in [0.25, 0.3) is 10.9 Å². The van der Waals surface area contributed by atoms with Crippen molar-refractivity contribution in [1.82, 2.24) is 10.1 Å². The molecule has 7 heteroatoms. The van der Waals surface area contributed by atoms with Gasteiger partial charge in [-0.3, -0.25) is 0 Å². The van der Waals surface area contributed by atoms with Gasteiger partial charge in [0.15, 0.2) is 0 Å². The number of rotatable bonds is 2. The van der Waals surface area contributed by atoms with Crippen LogP contribution in [0.15, 0.2) is 12.3 Å². The number of fused-ring (bicyclic) bond motifs is 1. The molecule has 0 saturated heterocycles. The summed E-state index contributed by atoms with van der Waals surface area (Å²) in [4.78, 5) is 13.6. The topological polar surface area (TPSA) is 102 Å². The van der Waals surface area contributed by atoms with E-state index in [1.807, 2.05) is 0 Å². The van der Waals surface area contributed by atoms with Crippen molar-refractivity contribution in [3.8, 4) is 5.88 Å². The van der Waals surface area contributed by atoms with Gasteiger partial charge in [-0.15, -0.1) is 0 Å². The first-order valence-electron chi connectivity index (χ1n) is 4.02. The Bertz CT molecular complexity index is 534. The number of aromatic carboxylic acids is 1. The Kier molecular flexibility index (Phi) is 1.93. The molecule has 2 aromatic heterocycles. The lowest BCUT2D eigenvalue weighted by molar-refractivity contribution is -0.668. The van der Waals surface area contributed by atoms with E-state index >= 15 is 0 Å². The van der Waals surface area contributed by atoms with E-state index in [1.54, 1.807) is 0 Å². The van der Waals surface area contributed by atoms with Crippen molar-refractivity contribution in [1.29, 1.82) is 0 Å². The van der Waals surface area contributed by atoms with E-state index < -0.39 is 5.97 Å². The van der Waals surface area contributed by atoms with Gasteiger partial charge in [-0.1, -0.05) is 4.85 Å². The van der Waals surface area contributed by atoms with Crippen molar-refractivity contribution < 1.29 is 19.5 Å². The van der Waals surface area contributed by atoms with Crippen molar-refractivity contribution in [2.45, 2.75) is 0 Å². The lowest BCUT2D eigenvalue weighted by atomic mass is 10.3. The molecule has 2 N–H and O–H groups in total. The van der Waals surface area contributed by atoms with Crippen molar-refractivity contribution >= 4 is 16.9 Å². The Balaban J connectivity index is 2.74. The van der Waals surface area contributed by atoms with Gasteiger partial charge in [0.2, 0.25) is 6.20 Å². The zero-order chi connectivity index (χ0) is 11.0. The molecule has 7 nitrogen and oxygen atoms in total. The molecule has 15 heavy (non-hydrogen) atoms. The van der Waals surface area contributed by atoms with Crippen LogP contribution < -0.4 is 9.58 Å². The molecule has 0 radical (unpaired) electrons. The summed E-state index contributed by atoms with van der Waals surface area (Å²) >= 11 is 0. The van der Waals surface area contributed by atoms with Crippen molar-refractivity contribution in [2.75, 3.05) is 7.11 Å². The first-order valence-corrected chi connectivity index (χ1v) is 4.02. The second-order valence-corrected chi connectivity index (χ2v) is 2.86. The molecule has 0 unspecified atom stereocenters. The molecule has 0 fully saturated rings. The van der Waals surface area contributed by atoms with Gasteiger partial charge in [0.1, 0.15) is 11.2 Å². The van der Waals surface area contributed by atoms with Crippen LogP contribution in [0.1, 0.15) is 10.5 Å². The van der Waals surface area contributed by atoms with Gasteiger partial charge in [-0.05, 0) is 6.07 Å². The number of carboxylic acids is 1. The molecule has 0 amide bonds. The summed E-state index contributed by atoms with van der Waals surface area (Å²) in [5, 5.41) is 23.7. The van der Waals surface area contributed by atoms with E-state index in [2.05, 4.69) is 10.1 Å². The van der Waals surface area contributed by atoms with Gasteiger partial charge in [0.05, 0.1) is 17.6 Å². The maximum absolute atomic E-state index is 11.0. The average molecular weight is 209 g/mol. The summed E-state index contributed by atoms with van der Waals surface area (Å²) in [7, 11) is 1.35. The highest BCUT2D eigenvalue weighted by atomic mass is 16.5. The molecule has 0 saturated carbocycles. The molecular weight excluding hydrogens is 202 g/mol. The highest BCUT2D eigenvalue weighted by molar-refractivity contribution is 5.94. The normalized spacial score (nSPS) is 10.5. The first kappa shape index (κ1) is 9.25. The largest absolute Gasteiger partial charge is 0.594 e. The Labute approximate surface area is 83.5 Å². The van der Waals surface area contributed by atoms with Gasteiger partial charge < -0.3 is 20.0 Å². The number of H-pyrrole nitrogens is 1. The zero-order valence-corrected chi connectivity index (χ0v) is 7.72. The molecular formula is C8H7N3O4. The van der Waals surface area contributed by atoms with Crippen molar-refractivity contribution in [2.24, 2.45) is 0 Å².